The van der Waals surface area contributed by atoms with E-state index in [-0.39, 0.29) is 17.8 Å². The van der Waals surface area contributed by atoms with Crippen LogP contribution in [0, 0.1) is 5.92 Å². The van der Waals surface area contributed by atoms with Gasteiger partial charge in [0.25, 0.3) is 0 Å². The highest BCUT2D eigenvalue weighted by Crippen LogP contribution is 2.25. The van der Waals surface area contributed by atoms with E-state index >= 15 is 0 Å². The van der Waals surface area contributed by atoms with Gasteiger partial charge in [-0.25, -0.2) is 0 Å². The summed E-state index contributed by atoms with van der Waals surface area (Å²) in [5.74, 6) is 2.13. The van der Waals surface area contributed by atoms with Crippen molar-refractivity contribution in [3.8, 4) is 11.4 Å². The van der Waals surface area contributed by atoms with Gasteiger partial charge in [-0.15, -0.1) is 12.4 Å². The fourth-order valence-corrected chi connectivity index (χ4v) is 2.91. The van der Waals surface area contributed by atoms with E-state index in [1.54, 1.807) is 0 Å². The summed E-state index contributed by atoms with van der Waals surface area (Å²) in [7, 11) is 0. The molecule has 0 amide bonds. The molecule has 1 saturated heterocycles. The molecule has 0 atom stereocenters. The molecule has 0 bridgehead atoms. The molecule has 23 heavy (non-hydrogen) atoms. The number of hydrogen-bond donors (Lipinski definition) is 1. The fourth-order valence-electron chi connectivity index (χ4n) is 2.91. The van der Waals surface area contributed by atoms with Crippen molar-refractivity contribution in [1.29, 1.82) is 0 Å². The molecule has 126 valence electrons. The normalized spacial score (nSPS) is 16.1. The maximum Gasteiger partial charge on any atom is 0.227 e. The highest BCUT2D eigenvalue weighted by atomic mass is 35.5. The number of aromatic nitrogens is 2. The summed E-state index contributed by atoms with van der Waals surface area (Å²) in [5.41, 5.74) is 2.50. The van der Waals surface area contributed by atoms with E-state index in [4.69, 9.17) is 4.52 Å². The molecule has 0 unspecified atom stereocenters. The van der Waals surface area contributed by atoms with Crippen LogP contribution in [-0.2, 0) is 11.8 Å². The summed E-state index contributed by atoms with van der Waals surface area (Å²) < 4.78 is 5.44. The van der Waals surface area contributed by atoms with E-state index < -0.39 is 0 Å². The van der Waals surface area contributed by atoms with Gasteiger partial charge in [-0.1, -0.05) is 50.2 Å². The van der Waals surface area contributed by atoms with E-state index in [1.807, 2.05) is 0 Å². The van der Waals surface area contributed by atoms with Gasteiger partial charge < -0.3 is 9.84 Å². The molecular weight excluding hydrogens is 310 g/mol. The van der Waals surface area contributed by atoms with Crippen molar-refractivity contribution in [1.82, 2.24) is 15.5 Å². The van der Waals surface area contributed by atoms with E-state index in [0.29, 0.717) is 11.7 Å². The van der Waals surface area contributed by atoms with Crippen LogP contribution in [0.4, 0.5) is 0 Å². The topological polar surface area (TPSA) is 51.0 Å². The van der Waals surface area contributed by atoms with Crippen LogP contribution < -0.4 is 5.32 Å². The number of nitrogens with one attached hydrogen (secondary N) is 1. The van der Waals surface area contributed by atoms with Gasteiger partial charge in [0.05, 0.1) is 0 Å². The molecular formula is C18H26ClN3O. The number of halogens is 1. The van der Waals surface area contributed by atoms with Crippen LogP contribution in [0.25, 0.3) is 11.4 Å². The molecule has 1 fully saturated rings. The van der Waals surface area contributed by atoms with Crippen LogP contribution in [-0.4, -0.2) is 23.2 Å². The smallest absolute Gasteiger partial charge is 0.227 e. The van der Waals surface area contributed by atoms with Gasteiger partial charge in [0.15, 0.2) is 0 Å². The van der Waals surface area contributed by atoms with Crippen molar-refractivity contribution in [2.24, 2.45) is 5.92 Å². The summed E-state index contributed by atoms with van der Waals surface area (Å²) >= 11 is 0. The third-order valence-electron chi connectivity index (χ3n) is 4.40. The van der Waals surface area contributed by atoms with Crippen molar-refractivity contribution in [3.05, 3.63) is 35.7 Å². The second-order valence-corrected chi connectivity index (χ2v) is 7.24. The van der Waals surface area contributed by atoms with Gasteiger partial charge in [0.1, 0.15) is 0 Å². The second kappa shape index (κ2) is 7.45. The fraction of sp³-hybridized carbons (Fsp3) is 0.556. The number of piperidine rings is 1. The average Bonchev–Trinajstić information content (AvgIpc) is 2.96. The number of rotatable bonds is 3. The molecule has 1 aromatic heterocycles. The Morgan fingerprint density at radius 2 is 1.78 bits per heavy atom. The van der Waals surface area contributed by atoms with Crippen LogP contribution in [0.2, 0.25) is 0 Å². The minimum atomic E-state index is 0. The zero-order valence-electron chi connectivity index (χ0n) is 14.1. The highest BCUT2D eigenvalue weighted by Gasteiger charge is 2.18. The Hall–Kier alpha value is -1.39. The Labute approximate surface area is 144 Å². The minimum absolute atomic E-state index is 0. The standard InChI is InChI=1S/C18H25N3O.ClH/c1-18(2,3)15-6-4-14(5-7-15)17-20-16(22-21-17)12-13-8-10-19-11-9-13;/h4-7,13,19H,8-12H2,1-3H3;1H. The lowest BCUT2D eigenvalue weighted by molar-refractivity contribution is 0.313. The lowest BCUT2D eigenvalue weighted by atomic mass is 9.87. The molecule has 0 radical (unpaired) electrons. The SMILES string of the molecule is CC(C)(C)c1ccc(-c2noc(CC3CCNCC3)n2)cc1.Cl. The molecule has 0 spiro atoms. The first-order valence-electron chi connectivity index (χ1n) is 8.16. The average molecular weight is 336 g/mol. The van der Waals surface area contributed by atoms with Gasteiger partial charge in [-0.2, -0.15) is 4.98 Å². The third kappa shape index (κ3) is 4.55. The molecule has 1 aliphatic heterocycles. The minimum Gasteiger partial charge on any atom is -0.339 e. The van der Waals surface area contributed by atoms with Gasteiger partial charge in [0, 0.05) is 12.0 Å². The second-order valence-electron chi connectivity index (χ2n) is 7.24. The summed E-state index contributed by atoms with van der Waals surface area (Å²) in [4.78, 5) is 4.57. The summed E-state index contributed by atoms with van der Waals surface area (Å²) in [6, 6.07) is 8.47. The van der Waals surface area contributed by atoms with Crippen molar-refractivity contribution in [2.75, 3.05) is 13.1 Å². The predicted octanol–water partition coefficient (Wildman–Crippen LogP) is 4.00. The molecule has 1 aliphatic rings. The third-order valence-corrected chi connectivity index (χ3v) is 4.40. The van der Waals surface area contributed by atoms with Gasteiger partial charge in [0.2, 0.25) is 11.7 Å². The Balaban J connectivity index is 0.00000192. The van der Waals surface area contributed by atoms with Crippen molar-refractivity contribution in [3.63, 3.8) is 0 Å². The zero-order valence-corrected chi connectivity index (χ0v) is 14.9. The summed E-state index contributed by atoms with van der Waals surface area (Å²) in [5, 5.41) is 7.52. The maximum atomic E-state index is 5.44. The van der Waals surface area contributed by atoms with Gasteiger partial charge in [-0.05, 0) is 42.8 Å². The van der Waals surface area contributed by atoms with Crippen molar-refractivity contribution < 1.29 is 4.52 Å². The molecule has 1 aromatic carbocycles. The largest absolute Gasteiger partial charge is 0.339 e. The molecule has 1 N–H and O–H groups in total. The van der Waals surface area contributed by atoms with Crippen LogP contribution in [0.15, 0.2) is 28.8 Å². The van der Waals surface area contributed by atoms with E-state index in [1.165, 1.54) is 18.4 Å². The molecule has 4 nitrogen and oxygen atoms in total. The first kappa shape index (κ1) is 18.0. The number of nitrogens with zero attached hydrogens (tertiary/aromatic N) is 2. The van der Waals surface area contributed by atoms with E-state index in [0.717, 1.165) is 31.0 Å². The predicted molar refractivity (Wildman–Crippen MR) is 95.0 cm³/mol. The molecule has 5 heteroatoms. The maximum absolute atomic E-state index is 5.44. The Morgan fingerprint density at radius 3 is 2.39 bits per heavy atom. The Morgan fingerprint density at radius 1 is 1.13 bits per heavy atom. The molecule has 0 saturated carbocycles. The summed E-state index contributed by atoms with van der Waals surface area (Å²) in [6.07, 6.45) is 3.28. The molecule has 2 aromatic rings. The molecule has 0 aliphatic carbocycles. The Bertz CT molecular complexity index is 610. The molecule has 2 heterocycles. The first-order valence-corrected chi connectivity index (χ1v) is 8.16. The Kier molecular flexibility index (Phi) is 5.82. The van der Waals surface area contributed by atoms with E-state index in [2.05, 4.69) is 60.5 Å². The van der Waals surface area contributed by atoms with Crippen molar-refractivity contribution >= 4 is 12.4 Å². The first-order chi connectivity index (χ1) is 10.5. The quantitative estimate of drug-likeness (QED) is 0.921. The van der Waals surface area contributed by atoms with Crippen LogP contribution in [0.3, 0.4) is 0 Å². The number of benzene rings is 1. The number of hydrogen-bond acceptors (Lipinski definition) is 4. The monoisotopic (exact) mass is 335 g/mol. The van der Waals surface area contributed by atoms with Crippen LogP contribution in [0.5, 0.6) is 0 Å². The van der Waals surface area contributed by atoms with Gasteiger partial charge in [-0.3, -0.25) is 0 Å². The lowest BCUT2D eigenvalue weighted by Gasteiger charge is -2.20. The van der Waals surface area contributed by atoms with Crippen molar-refractivity contribution in [2.45, 2.75) is 45.4 Å². The summed E-state index contributed by atoms with van der Waals surface area (Å²) in [6.45, 7) is 8.84. The van der Waals surface area contributed by atoms with Gasteiger partial charge >= 0.3 is 0 Å². The highest BCUT2D eigenvalue weighted by molar-refractivity contribution is 5.85. The van der Waals surface area contributed by atoms with Crippen LogP contribution in [0.1, 0.15) is 45.1 Å². The van der Waals surface area contributed by atoms with Crippen LogP contribution >= 0.6 is 12.4 Å². The van der Waals surface area contributed by atoms with E-state index in [9.17, 15) is 0 Å². The molecule has 3 rings (SSSR count). The lowest BCUT2D eigenvalue weighted by Crippen LogP contribution is -2.28. The zero-order chi connectivity index (χ0) is 15.6.